The molecular formula is C15H26N2. The number of aromatic nitrogens is 2. The molecule has 17 heavy (non-hydrogen) atoms. The van der Waals surface area contributed by atoms with Gasteiger partial charge in [0, 0.05) is 5.92 Å². The molecule has 0 amide bonds. The Morgan fingerprint density at radius 2 is 1.76 bits per heavy atom. The first-order valence-electron chi connectivity index (χ1n) is 6.66. The van der Waals surface area contributed by atoms with Crippen LogP contribution < -0.4 is 0 Å². The van der Waals surface area contributed by atoms with E-state index < -0.39 is 0 Å². The molecule has 1 unspecified atom stereocenters. The van der Waals surface area contributed by atoms with Crippen LogP contribution in [0.5, 0.6) is 0 Å². The van der Waals surface area contributed by atoms with Crippen molar-refractivity contribution in [3.63, 3.8) is 0 Å². The van der Waals surface area contributed by atoms with Gasteiger partial charge in [0.15, 0.2) is 0 Å². The highest BCUT2D eigenvalue weighted by Crippen LogP contribution is 2.26. The molecule has 1 heterocycles. The Labute approximate surface area is 106 Å². The van der Waals surface area contributed by atoms with E-state index in [-0.39, 0.29) is 5.41 Å². The van der Waals surface area contributed by atoms with E-state index in [1.807, 2.05) is 0 Å². The zero-order valence-corrected chi connectivity index (χ0v) is 12.1. The molecule has 96 valence electrons. The van der Waals surface area contributed by atoms with Crippen molar-refractivity contribution < 1.29 is 0 Å². The molecule has 1 aromatic rings. The van der Waals surface area contributed by atoms with E-state index in [9.17, 15) is 0 Å². The molecule has 0 spiro atoms. The summed E-state index contributed by atoms with van der Waals surface area (Å²) in [5.74, 6) is 1.16. The van der Waals surface area contributed by atoms with Gasteiger partial charge < -0.3 is 0 Å². The fourth-order valence-electron chi connectivity index (χ4n) is 2.23. The summed E-state index contributed by atoms with van der Waals surface area (Å²) in [4.78, 5) is 0. The summed E-state index contributed by atoms with van der Waals surface area (Å²) < 4.78 is 0. The van der Waals surface area contributed by atoms with Gasteiger partial charge in [0.25, 0.3) is 0 Å². The van der Waals surface area contributed by atoms with Gasteiger partial charge in [-0.3, -0.25) is 0 Å². The average molecular weight is 234 g/mol. The minimum atomic E-state index is 0.276. The highest BCUT2D eigenvalue weighted by molar-refractivity contribution is 5.12. The first kappa shape index (κ1) is 14.1. The first-order chi connectivity index (χ1) is 7.83. The largest absolute Gasteiger partial charge is 0.155 e. The summed E-state index contributed by atoms with van der Waals surface area (Å²) >= 11 is 0. The Morgan fingerprint density at radius 3 is 2.12 bits per heavy atom. The Hall–Kier alpha value is -0.920. The zero-order valence-electron chi connectivity index (χ0n) is 12.1. The fourth-order valence-corrected chi connectivity index (χ4v) is 2.23. The fraction of sp³-hybridized carbons (Fsp3) is 0.733. The highest BCUT2D eigenvalue weighted by atomic mass is 15.1. The van der Waals surface area contributed by atoms with Gasteiger partial charge >= 0.3 is 0 Å². The highest BCUT2D eigenvalue weighted by Gasteiger charge is 2.17. The van der Waals surface area contributed by atoms with E-state index in [1.165, 1.54) is 0 Å². The van der Waals surface area contributed by atoms with E-state index in [2.05, 4.69) is 63.9 Å². The van der Waals surface area contributed by atoms with Crippen LogP contribution in [0.2, 0.25) is 0 Å². The van der Waals surface area contributed by atoms with Crippen LogP contribution in [0.1, 0.15) is 65.3 Å². The molecule has 1 aromatic heterocycles. The minimum Gasteiger partial charge on any atom is -0.155 e. The number of rotatable bonds is 4. The van der Waals surface area contributed by atoms with Crippen LogP contribution in [0, 0.1) is 11.3 Å². The van der Waals surface area contributed by atoms with Crippen LogP contribution in [-0.4, -0.2) is 10.2 Å². The molecule has 0 aliphatic rings. The van der Waals surface area contributed by atoms with Gasteiger partial charge in [-0.25, -0.2) is 0 Å². The van der Waals surface area contributed by atoms with Gasteiger partial charge in [-0.1, -0.05) is 41.5 Å². The van der Waals surface area contributed by atoms with Crippen molar-refractivity contribution in [1.82, 2.24) is 10.2 Å². The molecule has 0 saturated carbocycles. The minimum absolute atomic E-state index is 0.276. The van der Waals surface area contributed by atoms with E-state index >= 15 is 0 Å². The predicted octanol–water partition coefficient (Wildman–Crippen LogP) is 4.21. The van der Waals surface area contributed by atoms with Crippen molar-refractivity contribution in [2.24, 2.45) is 11.3 Å². The van der Waals surface area contributed by atoms with Crippen LogP contribution in [0.3, 0.4) is 0 Å². The smallest absolute Gasteiger partial charge is 0.0664 e. The van der Waals surface area contributed by atoms with E-state index in [0.717, 1.165) is 24.2 Å². The molecule has 0 aromatic carbocycles. The molecule has 2 heteroatoms. The molecule has 0 aliphatic carbocycles. The van der Waals surface area contributed by atoms with Crippen molar-refractivity contribution in [3.05, 3.63) is 23.5 Å². The van der Waals surface area contributed by atoms with Crippen LogP contribution in [-0.2, 0) is 6.42 Å². The third kappa shape index (κ3) is 4.45. The van der Waals surface area contributed by atoms with Crippen molar-refractivity contribution in [2.45, 2.75) is 60.3 Å². The number of nitrogens with zero attached hydrogens (tertiary/aromatic N) is 2. The lowest BCUT2D eigenvalue weighted by Gasteiger charge is -2.19. The van der Waals surface area contributed by atoms with Crippen molar-refractivity contribution in [2.75, 3.05) is 0 Å². The Kier molecular flexibility index (Phi) is 4.67. The molecule has 0 fully saturated rings. The lowest BCUT2D eigenvalue weighted by Crippen LogP contribution is -2.13. The standard InChI is InChI=1S/C15H26N2/c1-7-13(11(2)3)14-9-8-12(16-17-14)10-15(4,5)6/h8-9,11,13H,7,10H2,1-6H3. The van der Waals surface area contributed by atoms with Crippen molar-refractivity contribution in [1.29, 1.82) is 0 Å². The summed E-state index contributed by atoms with van der Waals surface area (Å²) in [6, 6.07) is 4.29. The molecule has 1 atom stereocenters. The van der Waals surface area contributed by atoms with Crippen LogP contribution >= 0.6 is 0 Å². The van der Waals surface area contributed by atoms with Gasteiger partial charge in [0.2, 0.25) is 0 Å². The summed E-state index contributed by atoms with van der Waals surface area (Å²) in [6.45, 7) is 13.4. The maximum Gasteiger partial charge on any atom is 0.0664 e. The lowest BCUT2D eigenvalue weighted by atomic mass is 9.88. The number of hydrogen-bond donors (Lipinski definition) is 0. The normalized spacial score (nSPS) is 14.1. The van der Waals surface area contributed by atoms with Gasteiger partial charge in [0.1, 0.15) is 0 Å². The van der Waals surface area contributed by atoms with E-state index in [1.54, 1.807) is 0 Å². The van der Waals surface area contributed by atoms with Crippen molar-refractivity contribution in [3.8, 4) is 0 Å². The SMILES string of the molecule is CCC(c1ccc(CC(C)(C)C)nn1)C(C)C. The lowest BCUT2D eigenvalue weighted by molar-refractivity contribution is 0.402. The quantitative estimate of drug-likeness (QED) is 0.779. The van der Waals surface area contributed by atoms with Crippen molar-refractivity contribution >= 4 is 0 Å². The second kappa shape index (κ2) is 5.61. The van der Waals surface area contributed by atoms with Gasteiger partial charge in [-0.05, 0) is 36.3 Å². The molecule has 0 radical (unpaired) electrons. The summed E-state index contributed by atoms with van der Waals surface area (Å²) in [5, 5.41) is 8.77. The third-order valence-electron chi connectivity index (χ3n) is 3.08. The van der Waals surface area contributed by atoms with Crippen LogP contribution in [0.15, 0.2) is 12.1 Å². The topological polar surface area (TPSA) is 25.8 Å². The molecular weight excluding hydrogens is 208 g/mol. The van der Waals surface area contributed by atoms with Gasteiger partial charge in [-0.2, -0.15) is 10.2 Å². The Bertz CT molecular complexity index is 333. The van der Waals surface area contributed by atoms with Gasteiger partial charge in [-0.15, -0.1) is 0 Å². The predicted molar refractivity (Wildman–Crippen MR) is 73.1 cm³/mol. The number of hydrogen-bond acceptors (Lipinski definition) is 2. The van der Waals surface area contributed by atoms with Crippen LogP contribution in [0.25, 0.3) is 0 Å². The van der Waals surface area contributed by atoms with E-state index in [0.29, 0.717) is 11.8 Å². The van der Waals surface area contributed by atoms with Gasteiger partial charge in [0.05, 0.1) is 11.4 Å². The van der Waals surface area contributed by atoms with Crippen LogP contribution in [0.4, 0.5) is 0 Å². The molecule has 0 aliphatic heterocycles. The maximum absolute atomic E-state index is 4.41. The zero-order chi connectivity index (χ0) is 13.1. The second-order valence-electron chi connectivity index (χ2n) is 6.45. The summed E-state index contributed by atoms with van der Waals surface area (Å²) in [7, 11) is 0. The molecule has 0 bridgehead atoms. The molecule has 0 saturated heterocycles. The molecule has 0 N–H and O–H groups in total. The Morgan fingerprint density at radius 1 is 1.12 bits per heavy atom. The summed E-state index contributed by atoms with van der Waals surface area (Å²) in [5.41, 5.74) is 2.51. The van der Waals surface area contributed by atoms with E-state index in [4.69, 9.17) is 0 Å². The summed E-state index contributed by atoms with van der Waals surface area (Å²) in [6.07, 6.45) is 2.11. The molecule has 1 rings (SSSR count). The first-order valence-corrected chi connectivity index (χ1v) is 6.66. The third-order valence-corrected chi connectivity index (χ3v) is 3.08. The maximum atomic E-state index is 4.41. The second-order valence-corrected chi connectivity index (χ2v) is 6.45. The molecule has 2 nitrogen and oxygen atoms in total. The Balaban J connectivity index is 2.80. The monoisotopic (exact) mass is 234 g/mol. The average Bonchev–Trinajstić information content (AvgIpc) is 2.18.